The van der Waals surface area contributed by atoms with Gasteiger partial charge in [0.25, 0.3) is 0 Å². The lowest BCUT2D eigenvalue weighted by Crippen LogP contribution is -2.18. The highest BCUT2D eigenvalue weighted by molar-refractivity contribution is 9.10. The molecule has 0 unspecified atom stereocenters. The number of aromatic amines is 1. The van der Waals surface area contributed by atoms with E-state index in [9.17, 15) is 9.59 Å². The average Bonchev–Trinajstić information content (AvgIpc) is 2.71. The number of rotatable bonds is 5. The first-order chi connectivity index (χ1) is 9.06. The predicted octanol–water partition coefficient (Wildman–Crippen LogP) is 1.56. The summed E-state index contributed by atoms with van der Waals surface area (Å²) in [5.74, 6) is -1.08. The van der Waals surface area contributed by atoms with Crippen LogP contribution in [0.1, 0.15) is 5.56 Å². The first kappa shape index (κ1) is 13.9. The molecule has 2 aromatic rings. The largest absolute Gasteiger partial charge is 0.481 e. The fraction of sp³-hybridized carbons (Fsp3) is 0.182. The third kappa shape index (κ3) is 3.71. The molecule has 0 spiro atoms. The van der Waals surface area contributed by atoms with Gasteiger partial charge in [0.05, 0.1) is 12.3 Å². The molecule has 19 heavy (non-hydrogen) atoms. The maximum Gasteiger partial charge on any atom is 0.344 e. The summed E-state index contributed by atoms with van der Waals surface area (Å²) in [7, 11) is 0. The van der Waals surface area contributed by atoms with Crippen molar-refractivity contribution >= 4 is 33.7 Å². The molecule has 0 saturated carbocycles. The predicted molar refractivity (Wildman–Crippen MR) is 74.5 cm³/mol. The van der Waals surface area contributed by atoms with Gasteiger partial charge in [-0.15, -0.1) is 5.10 Å². The van der Waals surface area contributed by atoms with E-state index in [0.29, 0.717) is 11.7 Å². The zero-order valence-electron chi connectivity index (χ0n) is 9.67. The highest BCUT2D eigenvalue weighted by atomic mass is 79.9. The number of hydrogen-bond acceptors (Lipinski definition) is 4. The van der Waals surface area contributed by atoms with E-state index >= 15 is 0 Å². The van der Waals surface area contributed by atoms with Crippen LogP contribution in [-0.2, 0) is 11.3 Å². The van der Waals surface area contributed by atoms with Crippen molar-refractivity contribution in [2.45, 2.75) is 11.7 Å². The minimum absolute atomic E-state index is 0.134. The van der Waals surface area contributed by atoms with E-state index in [1.54, 1.807) is 0 Å². The average molecular weight is 344 g/mol. The molecule has 6 nitrogen and oxygen atoms in total. The van der Waals surface area contributed by atoms with Crippen LogP contribution in [0.3, 0.4) is 0 Å². The summed E-state index contributed by atoms with van der Waals surface area (Å²) in [4.78, 5) is 22.2. The second-order valence-corrected chi connectivity index (χ2v) is 5.56. The van der Waals surface area contributed by atoms with Gasteiger partial charge in [0.1, 0.15) is 0 Å². The van der Waals surface area contributed by atoms with E-state index in [1.807, 2.05) is 24.3 Å². The Morgan fingerprint density at radius 1 is 1.42 bits per heavy atom. The standard InChI is InChI=1S/C11H10BrN3O3S/c12-8-3-1-7(2-4-8)5-15-10(18)13-14-11(15)19-6-9(16)17/h1-4H,5-6H2,(H,13,18)(H,16,17). The molecule has 0 aliphatic heterocycles. The Bertz CT molecular complexity index is 635. The number of aromatic nitrogens is 3. The Balaban J connectivity index is 2.19. The number of carboxylic acid groups (broad SMARTS) is 1. The summed E-state index contributed by atoms with van der Waals surface area (Å²) >= 11 is 4.35. The lowest BCUT2D eigenvalue weighted by atomic mass is 10.2. The molecule has 2 N–H and O–H groups in total. The highest BCUT2D eigenvalue weighted by Crippen LogP contribution is 2.15. The van der Waals surface area contributed by atoms with Gasteiger partial charge < -0.3 is 5.11 Å². The molecule has 2 rings (SSSR count). The molecule has 1 heterocycles. The van der Waals surface area contributed by atoms with Crippen molar-refractivity contribution in [2.24, 2.45) is 0 Å². The Morgan fingerprint density at radius 3 is 2.74 bits per heavy atom. The van der Waals surface area contributed by atoms with E-state index in [1.165, 1.54) is 4.57 Å². The Morgan fingerprint density at radius 2 is 2.11 bits per heavy atom. The quantitative estimate of drug-likeness (QED) is 0.804. The molecule has 0 bridgehead atoms. The van der Waals surface area contributed by atoms with Crippen LogP contribution >= 0.6 is 27.7 Å². The van der Waals surface area contributed by atoms with Gasteiger partial charge in [-0.2, -0.15) is 0 Å². The van der Waals surface area contributed by atoms with Crippen molar-refractivity contribution in [1.82, 2.24) is 14.8 Å². The van der Waals surface area contributed by atoms with Crippen LogP contribution < -0.4 is 5.69 Å². The minimum atomic E-state index is -0.948. The molecule has 0 aliphatic rings. The monoisotopic (exact) mass is 343 g/mol. The number of nitrogens with zero attached hydrogens (tertiary/aromatic N) is 2. The lowest BCUT2D eigenvalue weighted by molar-refractivity contribution is -0.133. The summed E-state index contributed by atoms with van der Waals surface area (Å²) in [6.45, 7) is 0.352. The molecule has 100 valence electrons. The SMILES string of the molecule is O=C(O)CSc1n[nH]c(=O)n1Cc1ccc(Br)cc1. The Labute approximate surface area is 121 Å². The van der Waals surface area contributed by atoms with Crippen molar-refractivity contribution in [3.05, 3.63) is 44.8 Å². The van der Waals surface area contributed by atoms with Crippen molar-refractivity contribution in [1.29, 1.82) is 0 Å². The molecule has 0 radical (unpaired) electrons. The van der Waals surface area contributed by atoms with E-state index in [2.05, 4.69) is 26.1 Å². The number of carbonyl (C=O) groups is 1. The molecule has 0 atom stereocenters. The van der Waals surface area contributed by atoms with Gasteiger partial charge in [0.2, 0.25) is 0 Å². The zero-order chi connectivity index (χ0) is 13.8. The van der Waals surface area contributed by atoms with Crippen molar-refractivity contribution in [2.75, 3.05) is 5.75 Å². The molecule has 1 aromatic carbocycles. The van der Waals surface area contributed by atoms with E-state index in [0.717, 1.165) is 21.8 Å². The number of halogens is 1. The van der Waals surface area contributed by atoms with Gasteiger partial charge >= 0.3 is 11.7 Å². The second kappa shape index (κ2) is 6.07. The summed E-state index contributed by atoms with van der Waals surface area (Å²) in [5.41, 5.74) is 0.583. The summed E-state index contributed by atoms with van der Waals surface area (Å²) in [6.07, 6.45) is 0. The second-order valence-electron chi connectivity index (χ2n) is 3.71. The highest BCUT2D eigenvalue weighted by Gasteiger charge is 2.11. The van der Waals surface area contributed by atoms with Crippen molar-refractivity contribution < 1.29 is 9.90 Å². The Kier molecular flexibility index (Phi) is 4.43. The third-order valence-corrected chi connectivity index (χ3v) is 3.79. The molecule has 1 aromatic heterocycles. The first-order valence-corrected chi connectivity index (χ1v) is 7.08. The number of hydrogen-bond donors (Lipinski definition) is 2. The third-order valence-electron chi connectivity index (χ3n) is 2.30. The first-order valence-electron chi connectivity index (χ1n) is 5.30. The maximum atomic E-state index is 11.6. The molecule has 0 fully saturated rings. The minimum Gasteiger partial charge on any atom is -0.481 e. The van der Waals surface area contributed by atoms with E-state index < -0.39 is 5.97 Å². The number of benzene rings is 1. The number of carboxylic acids is 1. The molecule has 0 aliphatic carbocycles. The summed E-state index contributed by atoms with van der Waals surface area (Å²) in [6, 6.07) is 7.53. The van der Waals surface area contributed by atoms with Crippen molar-refractivity contribution in [3.63, 3.8) is 0 Å². The summed E-state index contributed by atoms with van der Waals surface area (Å²) < 4.78 is 2.37. The molecule has 0 saturated heterocycles. The van der Waals surface area contributed by atoms with Gasteiger partial charge in [-0.1, -0.05) is 39.8 Å². The number of aliphatic carboxylic acids is 1. The lowest BCUT2D eigenvalue weighted by Gasteiger charge is -2.04. The van der Waals surface area contributed by atoms with Crippen LogP contribution in [0.5, 0.6) is 0 Å². The maximum absolute atomic E-state index is 11.6. The number of nitrogens with one attached hydrogen (secondary N) is 1. The topological polar surface area (TPSA) is 88.0 Å². The van der Waals surface area contributed by atoms with E-state index in [4.69, 9.17) is 5.11 Å². The van der Waals surface area contributed by atoms with Gasteiger partial charge in [0.15, 0.2) is 5.16 Å². The van der Waals surface area contributed by atoms with Gasteiger partial charge in [-0.3, -0.25) is 9.36 Å². The molecular formula is C11H10BrN3O3S. The van der Waals surface area contributed by atoms with Gasteiger partial charge in [0, 0.05) is 4.47 Å². The van der Waals surface area contributed by atoms with Crippen LogP contribution in [0.15, 0.2) is 38.7 Å². The van der Waals surface area contributed by atoms with E-state index in [-0.39, 0.29) is 11.4 Å². The smallest absolute Gasteiger partial charge is 0.344 e. The van der Waals surface area contributed by atoms with Crippen LogP contribution in [0.25, 0.3) is 0 Å². The molecular weight excluding hydrogens is 334 g/mol. The van der Waals surface area contributed by atoms with Gasteiger partial charge in [-0.25, -0.2) is 9.89 Å². The van der Waals surface area contributed by atoms with Crippen LogP contribution in [0.4, 0.5) is 0 Å². The molecule has 8 heteroatoms. The fourth-order valence-electron chi connectivity index (χ4n) is 1.45. The van der Waals surface area contributed by atoms with Crippen molar-refractivity contribution in [3.8, 4) is 0 Å². The van der Waals surface area contributed by atoms with Crippen LogP contribution in [0, 0.1) is 0 Å². The normalized spacial score (nSPS) is 10.6. The summed E-state index contributed by atoms with van der Waals surface area (Å²) in [5, 5.41) is 15.2. The van der Waals surface area contributed by atoms with Crippen LogP contribution in [0.2, 0.25) is 0 Å². The molecule has 0 amide bonds. The Hall–Kier alpha value is -1.54. The fourth-order valence-corrected chi connectivity index (χ4v) is 2.38. The van der Waals surface area contributed by atoms with Crippen LogP contribution in [-0.4, -0.2) is 31.6 Å². The van der Waals surface area contributed by atoms with Gasteiger partial charge in [-0.05, 0) is 17.7 Å². The zero-order valence-corrected chi connectivity index (χ0v) is 12.1. The number of thioether (sulfide) groups is 1. The number of H-pyrrole nitrogens is 1.